The zero-order chi connectivity index (χ0) is 18.7. The highest BCUT2D eigenvalue weighted by molar-refractivity contribution is 8.15. The molecule has 0 radical (unpaired) electrons. The lowest BCUT2D eigenvalue weighted by atomic mass is 10.2. The van der Waals surface area contributed by atoms with Gasteiger partial charge in [0, 0.05) is 12.1 Å². The number of amidine groups is 1. The summed E-state index contributed by atoms with van der Waals surface area (Å²) in [5, 5.41) is 4.50. The van der Waals surface area contributed by atoms with Gasteiger partial charge in [-0.1, -0.05) is 35.5 Å². The van der Waals surface area contributed by atoms with E-state index in [2.05, 4.69) is 15.6 Å². The summed E-state index contributed by atoms with van der Waals surface area (Å²) in [6.07, 6.45) is -0.0802. The maximum absolute atomic E-state index is 13.6. The lowest BCUT2D eigenvalue weighted by Gasteiger charge is -2.07. The molecule has 1 saturated heterocycles. The molecule has 0 bridgehead atoms. The molecule has 2 aromatic carbocycles. The number of aliphatic imine (C=N–C) groups is 1. The van der Waals surface area contributed by atoms with Crippen LogP contribution >= 0.6 is 11.8 Å². The quantitative estimate of drug-likeness (QED) is 0.859. The second kappa shape index (κ2) is 7.65. The molecule has 1 aliphatic heterocycles. The Morgan fingerprint density at radius 1 is 1.19 bits per heavy atom. The van der Waals surface area contributed by atoms with Crippen LogP contribution in [0.25, 0.3) is 0 Å². The summed E-state index contributed by atoms with van der Waals surface area (Å²) in [6, 6.07) is 10.6. The van der Waals surface area contributed by atoms with Gasteiger partial charge in [0.15, 0.2) is 16.8 Å². The van der Waals surface area contributed by atoms with Crippen LogP contribution in [0.3, 0.4) is 0 Å². The Labute approximate surface area is 152 Å². The SMILES string of the molecule is Cc1ccc(NC(=O)C[C@H]2SC(=Nc3c(F)cccc3F)NC2=O)cc1. The summed E-state index contributed by atoms with van der Waals surface area (Å²) in [4.78, 5) is 27.9. The summed E-state index contributed by atoms with van der Waals surface area (Å²) >= 11 is 0.968. The van der Waals surface area contributed by atoms with Gasteiger partial charge in [-0.25, -0.2) is 13.8 Å². The van der Waals surface area contributed by atoms with Crippen LogP contribution in [-0.4, -0.2) is 22.2 Å². The molecule has 2 N–H and O–H groups in total. The molecule has 1 heterocycles. The van der Waals surface area contributed by atoms with Crippen LogP contribution in [0.15, 0.2) is 47.5 Å². The van der Waals surface area contributed by atoms with E-state index >= 15 is 0 Å². The van der Waals surface area contributed by atoms with Crippen molar-refractivity contribution in [3.05, 3.63) is 59.7 Å². The molecule has 1 aliphatic rings. The molecule has 3 rings (SSSR count). The number of halogens is 2. The molecule has 134 valence electrons. The van der Waals surface area contributed by atoms with E-state index in [0.717, 1.165) is 29.5 Å². The number of rotatable bonds is 4. The summed E-state index contributed by atoms with van der Waals surface area (Å²) in [5.74, 6) is -2.41. The minimum atomic E-state index is -0.826. The first-order chi connectivity index (χ1) is 12.4. The molecule has 0 aliphatic carbocycles. The number of benzene rings is 2. The van der Waals surface area contributed by atoms with Crippen LogP contribution in [0.2, 0.25) is 0 Å². The van der Waals surface area contributed by atoms with Crippen molar-refractivity contribution in [2.75, 3.05) is 5.32 Å². The molecule has 5 nitrogen and oxygen atoms in total. The monoisotopic (exact) mass is 375 g/mol. The minimum absolute atomic E-state index is 0.0622. The third kappa shape index (κ3) is 4.26. The predicted octanol–water partition coefficient (Wildman–Crippen LogP) is 3.52. The number of para-hydroxylation sites is 1. The van der Waals surface area contributed by atoms with Crippen LogP contribution in [0, 0.1) is 18.6 Å². The van der Waals surface area contributed by atoms with E-state index in [1.807, 2.05) is 19.1 Å². The van der Waals surface area contributed by atoms with Gasteiger partial charge >= 0.3 is 0 Å². The van der Waals surface area contributed by atoms with Gasteiger partial charge < -0.3 is 10.6 Å². The van der Waals surface area contributed by atoms with E-state index in [0.29, 0.717) is 5.69 Å². The first-order valence-corrected chi connectivity index (χ1v) is 8.67. The average Bonchev–Trinajstić information content (AvgIpc) is 2.93. The Hall–Kier alpha value is -2.74. The second-order valence-electron chi connectivity index (χ2n) is 5.70. The number of carbonyl (C=O) groups is 2. The molecule has 0 saturated carbocycles. The van der Waals surface area contributed by atoms with Gasteiger partial charge in [0.05, 0.1) is 0 Å². The number of hydrogen-bond acceptors (Lipinski definition) is 4. The van der Waals surface area contributed by atoms with Gasteiger partial charge in [0.25, 0.3) is 0 Å². The van der Waals surface area contributed by atoms with Crippen LogP contribution in [0.1, 0.15) is 12.0 Å². The number of anilines is 1. The summed E-state index contributed by atoms with van der Waals surface area (Å²) in [7, 11) is 0. The molecule has 26 heavy (non-hydrogen) atoms. The van der Waals surface area contributed by atoms with Crippen molar-refractivity contribution in [1.82, 2.24) is 5.32 Å². The van der Waals surface area contributed by atoms with Crippen molar-refractivity contribution < 1.29 is 18.4 Å². The van der Waals surface area contributed by atoms with Gasteiger partial charge in [-0.05, 0) is 31.2 Å². The topological polar surface area (TPSA) is 70.6 Å². The van der Waals surface area contributed by atoms with Crippen LogP contribution < -0.4 is 10.6 Å². The molecular weight excluding hydrogens is 360 g/mol. The Bertz CT molecular complexity index is 864. The highest BCUT2D eigenvalue weighted by Gasteiger charge is 2.32. The first-order valence-electron chi connectivity index (χ1n) is 7.79. The Kier molecular flexibility index (Phi) is 5.32. The van der Waals surface area contributed by atoms with Crippen molar-refractivity contribution >= 4 is 40.1 Å². The van der Waals surface area contributed by atoms with Gasteiger partial charge in [-0.15, -0.1) is 0 Å². The highest BCUT2D eigenvalue weighted by atomic mass is 32.2. The Morgan fingerprint density at radius 2 is 1.85 bits per heavy atom. The van der Waals surface area contributed by atoms with Crippen LogP contribution in [-0.2, 0) is 9.59 Å². The minimum Gasteiger partial charge on any atom is -0.326 e. The highest BCUT2D eigenvalue weighted by Crippen LogP contribution is 2.28. The standard InChI is InChI=1S/C18H15F2N3O2S/c1-10-5-7-11(8-6-10)21-15(24)9-14-17(25)23-18(26-14)22-16-12(19)3-2-4-13(16)20/h2-8,14H,9H2,1H3,(H,21,24)(H,22,23,25)/t14-/m1/s1. The van der Waals surface area contributed by atoms with Crippen molar-refractivity contribution in [2.24, 2.45) is 4.99 Å². The van der Waals surface area contributed by atoms with Gasteiger partial charge in [-0.3, -0.25) is 9.59 Å². The fourth-order valence-electron chi connectivity index (χ4n) is 2.31. The number of amides is 2. The fraction of sp³-hybridized carbons (Fsp3) is 0.167. The number of nitrogens with one attached hydrogen (secondary N) is 2. The van der Waals surface area contributed by atoms with Gasteiger partial charge in [0.2, 0.25) is 11.8 Å². The maximum Gasteiger partial charge on any atom is 0.240 e. The summed E-state index contributed by atoms with van der Waals surface area (Å²) < 4.78 is 27.3. The van der Waals surface area contributed by atoms with E-state index < -0.39 is 28.5 Å². The van der Waals surface area contributed by atoms with Crippen LogP contribution in [0.4, 0.5) is 20.2 Å². The number of carbonyl (C=O) groups excluding carboxylic acids is 2. The molecule has 2 aromatic rings. The molecule has 0 unspecified atom stereocenters. The van der Waals surface area contributed by atoms with E-state index in [9.17, 15) is 18.4 Å². The van der Waals surface area contributed by atoms with Crippen molar-refractivity contribution in [2.45, 2.75) is 18.6 Å². The predicted molar refractivity (Wildman–Crippen MR) is 97.4 cm³/mol. The van der Waals surface area contributed by atoms with Gasteiger partial charge in [-0.2, -0.15) is 0 Å². The maximum atomic E-state index is 13.6. The Balaban J connectivity index is 1.65. The molecule has 0 aromatic heterocycles. The van der Waals surface area contributed by atoms with E-state index in [1.165, 1.54) is 6.07 Å². The normalized spacial score (nSPS) is 18.0. The average molecular weight is 375 g/mol. The zero-order valence-electron chi connectivity index (χ0n) is 13.8. The van der Waals surface area contributed by atoms with Gasteiger partial charge in [0.1, 0.15) is 10.9 Å². The molecule has 0 spiro atoms. The third-order valence-electron chi connectivity index (χ3n) is 3.63. The summed E-state index contributed by atoms with van der Waals surface area (Å²) in [6.45, 7) is 1.93. The number of aryl methyl sites for hydroxylation is 1. The fourth-order valence-corrected chi connectivity index (χ4v) is 3.28. The summed E-state index contributed by atoms with van der Waals surface area (Å²) in [5.41, 5.74) is 1.22. The van der Waals surface area contributed by atoms with E-state index in [1.54, 1.807) is 12.1 Å². The lowest BCUT2D eigenvalue weighted by Crippen LogP contribution is -2.28. The molecule has 8 heteroatoms. The number of nitrogens with zero attached hydrogens (tertiary/aromatic N) is 1. The van der Waals surface area contributed by atoms with Crippen LogP contribution in [0.5, 0.6) is 0 Å². The van der Waals surface area contributed by atoms with Crippen molar-refractivity contribution in [3.8, 4) is 0 Å². The van der Waals surface area contributed by atoms with E-state index in [4.69, 9.17) is 0 Å². The molecular formula is C18H15F2N3O2S. The smallest absolute Gasteiger partial charge is 0.240 e. The molecule has 1 atom stereocenters. The van der Waals surface area contributed by atoms with Crippen molar-refractivity contribution in [3.63, 3.8) is 0 Å². The molecule has 2 amide bonds. The second-order valence-corrected chi connectivity index (χ2v) is 6.89. The molecule has 1 fully saturated rings. The first kappa shape index (κ1) is 18.1. The number of thioether (sulfide) groups is 1. The number of hydrogen-bond donors (Lipinski definition) is 2. The lowest BCUT2D eigenvalue weighted by molar-refractivity contribution is -0.122. The zero-order valence-corrected chi connectivity index (χ0v) is 14.6. The third-order valence-corrected chi connectivity index (χ3v) is 4.72. The largest absolute Gasteiger partial charge is 0.326 e. The van der Waals surface area contributed by atoms with E-state index in [-0.39, 0.29) is 17.5 Å². The Morgan fingerprint density at radius 3 is 2.50 bits per heavy atom. The van der Waals surface area contributed by atoms with Crippen molar-refractivity contribution in [1.29, 1.82) is 0 Å².